The van der Waals surface area contributed by atoms with Crippen LogP contribution in [0.5, 0.6) is 0 Å². The molecule has 0 fully saturated rings. The Morgan fingerprint density at radius 2 is 2.22 bits per heavy atom. The van der Waals surface area contributed by atoms with Crippen molar-refractivity contribution in [2.45, 2.75) is 20.8 Å². The van der Waals surface area contributed by atoms with Crippen molar-refractivity contribution >= 4 is 11.8 Å². The minimum absolute atomic E-state index is 0.112. The van der Waals surface area contributed by atoms with Crippen LogP contribution < -0.4 is 4.90 Å². The van der Waals surface area contributed by atoms with Crippen LogP contribution in [-0.2, 0) is 4.79 Å². The molecule has 5 nitrogen and oxygen atoms in total. The molecule has 0 aliphatic carbocycles. The van der Waals surface area contributed by atoms with E-state index in [0.717, 1.165) is 0 Å². The van der Waals surface area contributed by atoms with E-state index in [1.165, 1.54) is 0 Å². The zero-order chi connectivity index (χ0) is 13.7. The van der Waals surface area contributed by atoms with Crippen LogP contribution in [0.2, 0.25) is 0 Å². The Hall–Kier alpha value is -2.09. The summed E-state index contributed by atoms with van der Waals surface area (Å²) >= 11 is 0. The molecule has 0 atom stereocenters. The number of hydrogen-bond donors (Lipinski definition) is 1. The Bertz CT molecular complexity index is 478. The van der Waals surface area contributed by atoms with Gasteiger partial charge in [-0.05, 0) is 25.0 Å². The number of rotatable bonds is 5. The van der Waals surface area contributed by atoms with Gasteiger partial charge in [0, 0.05) is 12.2 Å². The highest BCUT2D eigenvalue weighted by molar-refractivity contribution is 5.73. The lowest BCUT2D eigenvalue weighted by atomic mass is 10.2. The number of nitriles is 1. The lowest BCUT2D eigenvalue weighted by Crippen LogP contribution is -2.33. The normalized spacial score (nSPS) is 10.2. The molecule has 0 radical (unpaired) electrons. The number of carboxylic acids is 1. The van der Waals surface area contributed by atoms with Crippen LogP contribution in [0.4, 0.5) is 5.82 Å². The van der Waals surface area contributed by atoms with E-state index in [1.807, 2.05) is 13.8 Å². The van der Waals surface area contributed by atoms with E-state index in [1.54, 1.807) is 24.0 Å². The Morgan fingerprint density at radius 1 is 1.56 bits per heavy atom. The Morgan fingerprint density at radius 3 is 2.72 bits per heavy atom. The molecule has 5 heteroatoms. The summed E-state index contributed by atoms with van der Waals surface area (Å²) in [5.74, 6) is -0.0442. The maximum absolute atomic E-state index is 10.9. The van der Waals surface area contributed by atoms with Gasteiger partial charge >= 0.3 is 5.97 Å². The largest absolute Gasteiger partial charge is 0.480 e. The summed E-state index contributed by atoms with van der Waals surface area (Å²) < 4.78 is 0. The fourth-order valence-corrected chi connectivity index (χ4v) is 1.72. The summed E-state index contributed by atoms with van der Waals surface area (Å²) in [6.45, 7) is 6.29. The first kappa shape index (κ1) is 14.0. The molecule has 0 saturated carbocycles. The van der Waals surface area contributed by atoms with Gasteiger partial charge in [-0.1, -0.05) is 13.8 Å². The molecule has 1 aromatic heterocycles. The van der Waals surface area contributed by atoms with Crippen molar-refractivity contribution in [3.63, 3.8) is 0 Å². The summed E-state index contributed by atoms with van der Waals surface area (Å²) in [5.41, 5.74) is 1.21. The summed E-state index contributed by atoms with van der Waals surface area (Å²) in [6.07, 6.45) is 0. The fourth-order valence-electron chi connectivity index (χ4n) is 1.72. The third-order valence-electron chi connectivity index (χ3n) is 2.30. The highest BCUT2D eigenvalue weighted by Crippen LogP contribution is 2.16. The summed E-state index contributed by atoms with van der Waals surface area (Å²) in [5, 5.41) is 17.8. The molecular formula is C13H17N3O2. The smallest absolute Gasteiger partial charge is 0.323 e. The van der Waals surface area contributed by atoms with Gasteiger partial charge in [0.1, 0.15) is 12.4 Å². The van der Waals surface area contributed by atoms with Gasteiger partial charge in [-0.2, -0.15) is 5.26 Å². The number of aliphatic carboxylic acids is 1. The van der Waals surface area contributed by atoms with Crippen LogP contribution in [0, 0.1) is 24.2 Å². The average Bonchev–Trinajstić information content (AvgIpc) is 2.26. The van der Waals surface area contributed by atoms with Crippen molar-refractivity contribution in [2.24, 2.45) is 5.92 Å². The Kier molecular flexibility index (Phi) is 4.67. The van der Waals surface area contributed by atoms with Crippen molar-refractivity contribution in [3.8, 4) is 6.07 Å². The predicted octanol–water partition coefficient (Wildman–Crippen LogP) is 1.81. The topological polar surface area (TPSA) is 77.2 Å². The molecule has 0 aliphatic rings. The number of aromatic nitrogens is 1. The van der Waals surface area contributed by atoms with Crippen LogP contribution >= 0.6 is 0 Å². The van der Waals surface area contributed by atoms with Crippen LogP contribution in [0.25, 0.3) is 0 Å². The van der Waals surface area contributed by atoms with Crippen LogP contribution in [0.1, 0.15) is 25.1 Å². The molecule has 1 rings (SSSR count). The van der Waals surface area contributed by atoms with Crippen LogP contribution in [0.15, 0.2) is 12.1 Å². The van der Waals surface area contributed by atoms with Gasteiger partial charge in [0.2, 0.25) is 0 Å². The molecule has 0 saturated heterocycles. The van der Waals surface area contributed by atoms with E-state index in [0.29, 0.717) is 29.5 Å². The van der Waals surface area contributed by atoms with Crippen molar-refractivity contribution < 1.29 is 9.90 Å². The van der Waals surface area contributed by atoms with E-state index in [-0.39, 0.29) is 6.54 Å². The molecule has 18 heavy (non-hydrogen) atoms. The lowest BCUT2D eigenvalue weighted by Gasteiger charge is -2.24. The number of carbonyl (C=O) groups is 1. The first-order valence-corrected chi connectivity index (χ1v) is 5.78. The van der Waals surface area contributed by atoms with E-state index < -0.39 is 5.97 Å². The second kappa shape index (κ2) is 6.01. The van der Waals surface area contributed by atoms with Gasteiger partial charge in [-0.25, -0.2) is 4.98 Å². The van der Waals surface area contributed by atoms with E-state index in [4.69, 9.17) is 10.4 Å². The predicted molar refractivity (Wildman–Crippen MR) is 68.4 cm³/mol. The van der Waals surface area contributed by atoms with Crippen molar-refractivity contribution in [1.29, 1.82) is 5.26 Å². The molecule has 0 spiro atoms. The molecule has 0 bridgehead atoms. The Labute approximate surface area is 107 Å². The zero-order valence-electron chi connectivity index (χ0n) is 10.8. The molecule has 0 amide bonds. The minimum atomic E-state index is -0.905. The molecule has 96 valence electrons. The molecule has 0 aromatic carbocycles. The summed E-state index contributed by atoms with van der Waals surface area (Å²) in [7, 11) is 0. The number of carboxylic acid groups (broad SMARTS) is 1. The molecule has 0 unspecified atom stereocenters. The number of aryl methyl sites for hydroxylation is 1. The SMILES string of the molecule is Cc1cc(C#N)cc(N(CC(=O)O)CC(C)C)n1. The molecular weight excluding hydrogens is 230 g/mol. The number of pyridine rings is 1. The van der Waals surface area contributed by atoms with Crippen LogP contribution in [0.3, 0.4) is 0 Å². The first-order valence-electron chi connectivity index (χ1n) is 5.78. The maximum Gasteiger partial charge on any atom is 0.323 e. The highest BCUT2D eigenvalue weighted by atomic mass is 16.4. The quantitative estimate of drug-likeness (QED) is 0.858. The number of hydrogen-bond acceptors (Lipinski definition) is 4. The van der Waals surface area contributed by atoms with Gasteiger partial charge in [-0.3, -0.25) is 4.79 Å². The minimum Gasteiger partial charge on any atom is -0.480 e. The second-order valence-electron chi connectivity index (χ2n) is 4.64. The maximum atomic E-state index is 10.9. The standard InChI is InChI=1S/C13H17N3O2/c1-9(2)7-16(8-13(17)18)12-5-11(6-14)4-10(3)15-12/h4-5,9H,7-8H2,1-3H3,(H,17,18). The van der Waals surface area contributed by atoms with Gasteiger partial charge in [0.25, 0.3) is 0 Å². The van der Waals surface area contributed by atoms with Gasteiger partial charge in [0.05, 0.1) is 11.6 Å². The molecule has 0 aliphatic heterocycles. The van der Waals surface area contributed by atoms with Gasteiger partial charge in [0.15, 0.2) is 0 Å². The molecule has 1 heterocycles. The highest BCUT2D eigenvalue weighted by Gasteiger charge is 2.14. The van der Waals surface area contributed by atoms with E-state index >= 15 is 0 Å². The molecule has 1 aromatic rings. The van der Waals surface area contributed by atoms with E-state index in [9.17, 15) is 4.79 Å². The zero-order valence-corrected chi connectivity index (χ0v) is 10.8. The van der Waals surface area contributed by atoms with Gasteiger partial charge < -0.3 is 10.0 Å². The summed E-state index contributed by atoms with van der Waals surface area (Å²) in [4.78, 5) is 16.9. The number of nitrogens with zero attached hydrogens (tertiary/aromatic N) is 3. The molecule has 1 N–H and O–H groups in total. The van der Waals surface area contributed by atoms with E-state index in [2.05, 4.69) is 11.1 Å². The van der Waals surface area contributed by atoms with Crippen LogP contribution in [-0.4, -0.2) is 29.1 Å². The fraction of sp³-hybridized carbons (Fsp3) is 0.462. The monoisotopic (exact) mass is 247 g/mol. The lowest BCUT2D eigenvalue weighted by molar-refractivity contribution is -0.135. The van der Waals surface area contributed by atoms with Gasteiger partial charge in [-0.15, -0.1) is 0 Å². The third kappa shape index (κ3) is 4.06. The van der Waals surface area contributed by atoms with Crippen molar-refractivity contribution in [2.75, 3.05) is 18.0 Å². The average molecular weight is 247 g/mol. The Balaban J connectivity index is 3.07. The van der Waals surface area contributed by atoms with Crippen molar-refractivity contribution in [1.82, 2.24) is 4.98 Å². The third-order valence-corrected chi connectivity index (χ3v) is 2.30. The summed E-state index contributed by atoms with van der Waals surface area (Å²) in [6, 6.07) is 5.36. The van der Waals surface area contributed by atoms with Crippen molar-refractivity contribution in [3.05, 3.63) is 23.4 Å². The second-order valence-corrected chi connectivity index (χ2v) is 4.64. The number of anilines is 1. The first-order chi connectivity index (χ1) is 8.42.